The fourth-order valence-electron chi connectivity index (χ4n) is 14.5. The fraction of sp³-hybridized carbons (Fsp3) is 0.935. The van der Waals surface area contributed by atoms with Crippen molar-refractivity contribution >= 4 is 23.6 Å². The topological polar surface area (TPSA) is 779 Å². The Balaban J connectivity index is 1.08. The molecule has 0 saturated carbocycles. The van der Waals surface area contributed by atoms with E-state index in [1.165, 1.54) is 0 Å². The highest BCUT2D eigenvalue weighted by molar-refractivity contribution is 5.74. The summed E-state index contributed by atoms with van der Waals surface area (Å²) in [5.41, 5.74) is 0. The molecule has 29 N–H and O–H groups in total. The highest BCUT2D eigenvalue weighted by Crippen LogP contribution is 2.41. The quantitative estimate of drug-likeness (QED) is 0.0331. The van der Waals surface area contributed by atoms with E-state index >= 15 is 0 Å². The molecule has 4 amide bonds. The van der Waals surface area contributed by atoms with Gasteiger partial charge in [-0.05, 0) is 0 Å². The van der Waals surface area contributed by atoms with Gasteiger partial charge in [0.1, 0.15) is 219 Å². The summed E-state index contributed by atoms with van der Waals surface area (Å²) in [4.78, 5) is 51.0. The van der Waals surface area contributed by atoms with Crippen LogP contribution in [0.15, 0.2) is 0 Å². The van der Waals surface area contributed by atoms with Crippen molar-refractivity contribution in [1.82, 2.24) is 21.3 Å². The van der Waals surface area contributed by atoms with E-state index in [2.05, 4.69) is 21.3 Å². The average molecular weight is 1640 g/mol. The van der Waals surface area contributed by atoms with Crippen LogP contribution in [-0.4, -0.2) is 487 Å². The zero-order chi connectivity index (χ0) is 82.5. The van der Waals surface area contributed by atoms with Crippen LogP contribution in [0.3, 0.4) is 0 Å². The molecule has 0 spiro atoms. The summed E-state index contributed by atoms with van der Waals surface area (Å²) in [6.45, 7) is -6.08. The lowest BCUT2D eigenvalue weighted by Crippen LogP contribution is -2.71. The van der Waals surface area contributed by atoms with Crippen molar-refractivity contribution in [2.75, 3.05) is 59.5 Å². The number of nitrogens with one attached hydrogen (secondary N) is 4. The van der Waals surface area contributed by atoms with E-state index in [1.807, 2.05) is 0 Å². The van der Waals surface area contributed by atoms with E-state index in [0.717, 1.165) is 27.7 Å². The molecular weight excluding hydrogens is 1540 g/mol. The average Bonchev–Trinajstić information content (AvgIpc) is 0.763. The maximum absolute atomic E-state index is 13.3. The van der Waals surface area contributed by atoms with Crippen LogP contribution in [-0.2, 0) is 99.7 Å². The lowest BCUT2D eigenvalue weighted by Gasteiger charge is -2.52. The largest absolute Gasteiger partial charge is 0.394 e. The van der Waals surface area contributed by atoms with Crippen LogP contribution < -0.4 is 21.3 Å². The van der Waals surface area contributed by atoms with Gasteiger partial charge in [0.2, 0.25) is 23.6 Å². The third-order valence-corrected chi connectivity index (χ3v) is 20.4. The van der Waals surface area contributed by atoms with E-state index in [-0.39, 0.29) is 0 Å². The van der Waals surface area contributed by atoms with Crippen molar-refractivity contribution < 1.29 is 227 Å². The first-order chi connectivity index (χ1) is 53.0. The maximum atomic E-state index is 13.3. The number of aliphatic hydroxyl groups is 25. The molecule has 112 heavy (non-hydrogen) atoms. The van der Waals surface area contributed by atoms with Crippen LogP contribution >= 0.6 is 0 Å². The predicted octanol–water partition coefficient (Wildman–Crippen LogP) is -20.1. The van der Waals surface area contributed by atoms with Crippen molar-refractivity contribution in [3.8, 4) is 0 Å². The van der Waals surface area contributed by atoms with Crippen LogP contribution in [0.25, 0.3) is 0 Å². The Bertz CT molecular complexity index is 2970. The minimum Gasteiger partial charge on any atom is -0.394 e. The summed E-state index contributed by atoms with van der Waals surface area (Å²) in [7, 11) is 0. The molecule has 0 bridgehead atoms. The number of rotatable bonds is 29. The summed E-state index contributed by atoms with van der Waals surface area (Å²) in [5.74, 6) is -3.64. The van der Waals surface area contributed by atoms with Gasteiger partial charge in [0.15, 0.2) is 56.6 Å². The second-order valence-corrected chi connectivity index (χ2v) is 28.2. The smallest absolute Gasteiger partial charge is 0.217 e. The molecule has 0 aliphatic carbocycles. The van der Waals surface area contributed by atoms with Crippen molar-refractivity contribution in [2.45, 2.75) is 304 Å². The van der Waals surface area contributed by atoms with Gasteiger partial charge in [-0.15, -0.1) is 0 Å². The molecule has 9 saturated heterocycles. The molecule has 0 aromatic carbocycles. The van der Waals surface area contributed by atoms with Crippen LogP contribution in [0.2, 0.25) is 0 Å². The number of aliphatic hydroxyl groups excluding tert-OH is 25. The standard InChI is InChI=1S/C62H104N4O46/c1-14(75)63-27-37(85)47(22(9-71)97-54(27)95)106-56-29(65-16(3)77)38(86)49(23(10-72)102-56)109-61-46(94)52(35(83)26(105-61)13-96-58-42(90)40(88)32(80)19(6-68)99-58)111-62-53(44(92)50(25(12-74)104-62)107-55-28(64-15(2)76)36(84)31(79)18(5-67)98-55)112-57-30(66-17(4)78)39(87)48(24(11-73)103-57)108-60-45(93)51(34(82)21(8-70)101-60)110-59-43(91)41(89)33(81)20(7-69)100-59/h18-62,67-74,79-95H,5-13H2,1-4H3,(H,63,75)(H,64,76)(H,65,77)(H,66,78)/t18-,19-,20-,21-,22-,23-,24-,25-,26-,27-,28-,29-,30-,31-,32-,33+,34+,35-,36-,37-,38-,39-,40+,41+,42+,43-,44+,45-,46+,47-,48-,49-,50-,51+,52+,53+,54-,55+,56+,57+,58+,59-,60+,61+,62-/m1/s1. The summed E-state index contributed by atoms with van der Waals surface area (Å²) in [5, 5.41) is 287. The maximum Gasteiger partial charge on any atom is 0.217 e. The molecule has 0 aromatic heterocycles. The van der Waals surface area contributed by atoms with Gasteiger partial charge >= 0.3 is 0 Å². The number of carbonyl (C=O) groups is 4. The molecule has 0 aromatic rings. The number of amides is 4. The fourth-order valence-corrected chi connectivity index (χ4v) is 14.5. The molecule has 9 fully saturated rings. The molecular formula is C62H104N4O46. The number of hydrogen-bond donors (Lipinski definition) is 29. The van der Waals surface area contributed by atoms with Gasteiger partial charge in [-0.1, -0.05) is 0 Å². The predicted molar refractivity (Wildman–Crippen MR) is 343 cm³/mol. The Morgan fingerprint density at radius 2 is 0.491 bits per heavy atom. The van der Waals surface area contributed by atoms with Crippen LogP contribution in [0.4, 0.5) is 0 Å². The Morgan fingerprint density at radius 1 is 0.232 bits per heavy atom. The summed E-state index contributed by atoms with van der Waals surface area (Å²) >= 11 is 0. The second-order valence-electron chi connectivity index (χ2n) is 28.2. The summed E-state index contributed by atoms with van der Waals surface area (Å²) < 4.78 is 101. The SMILES string of the molecule is CC(=O)N[C@@H]1[C@@H](O)[C@H](O[C@@H]2O[C@H](CO)[C@@H](O[C@@H]3O[C@H](CO[C@H]4O[C@H](CO)[C@@H](O)[C@H](O)[C@@H]4O)[C@@H](O)[C@H](O[C@H]4O[C@H](CO)[C@@H](O[C@@H]5O[C@H](CO)[C@@H](O)[C@H](O)[C@H]5NC(C)=O)[C@H](O)[C@@H]4O[C@@H]4O[C@H](CO)[C@@H](O[C@@H]5O[C@H](CO)[C@H](O)[C@H](O[C@H]6O[C@H](CO)[C@H](O)[C@H](O)[C@H]6O)[C@H]5O)[C@H](O)[C@H]4NC(C)=O)[C@@H]3O)[C@H](O)[C@H]2NC(C)=O)[C@@H](CO)O[C@H]1O. The lowest BCUT2D eigenvalue weighted by molar-refractivity contribution is -0.405. The molecule has 0 unspecified atom stereocenters. The normalized spacial score (nSPS) is 48.9. The molecule has 9 aliphatic heterocycles. The zero-order valence-electron chi connectivity index (χ0n) is 60.1. The highest BCUT2D eigenvalue weighted by Gasteiger charge is 2.61. The first kappa shape index (κ1) is 92.1. The van der Waals surface area contributed by atoms with E-state index in [4.69, 9.17) is 80.5 Å². The Hall–Kier alpha value is -3.80. The number of hydrogen-bond acceptors (Lipinski definition) is 46. The molecule has 0 radical (unpaired) electrons. The highest BCUT2D eigenvalue weighted by atomic mass is 16.8. The van der Waals surface area contributed by atoms with Crippen LogP contribution in [0, 0.1) is 0 Å². The van der Waals surface area contributed by atoms with Gasteiger partial charge in [-0.2, -0.15) is 0 Å². The van der Waals surface area contributed by atoms with E-state index in [9.17, 15) is 147 Å². The third kappa shape index (κ3) is 20.2. The van der Waals surface area contributed by atoms with E-state index in [0.29, 0.717) is 0 Å². The minimum atomic E-state index is -2.58. The summed E-state index contributed by atoms with van der Waals surface area (Å²) in [6, 6.07) is -7.47. The van der Waals surface area contributed by atoms with E-state index in [1.54, 1.807) is 0 Å². The second kappa shape index (κ2) is 40.3. The van der Waals surface area contributed by atoms with Crippen LogP contribution in [0.1, 0.15) is 27.7 Å². The molecule has 9 heterocycles. The van der Waals surface area contributed by atoms with Crippen LogP contribution in [0.5, 0.6) is 0 Å². The molecule has 50 nitrogen and oxygen atoms in total. The first-order valence-electron chi connectivity index (χ1n) is 35.6. The van der Waals surface area contributed by atoms with Gasteiger partial charge in [0.25, 0.3) is 0 Å². The Morgan fingerprint density at radius 3 is 0.902 bits per heavy atom. The number of ether oxygens (including phenoxy) is 17. The van der Waals surface area contributed by atoms with Crippen molar-refractivity contribution in [1.29, 1.82) is 0 Å². The summed E-state index contributed by atoms with van der Waals surface area (Å²) in [6.07, 6.45) is -86.0. The molecule has 9 rings (SSSR count). The Labute approximate surface area is 634 Å². The molecule has 45 atom stereocenters. The minimum absolute atomic E-state index is 0.783. The van der Waals surface area contributed by atoms with Gasteiger partial charge in [0, 0.05) is 27.7 Å². The monoisotopic (exact) mass is 1640 g/mol. The van der Waals surface area contributed by atoms with Gasteiger partial charge < -0.3 is 229 Å². The Kier molecular flexibility index (Phi) is 33.1. The third-order valence-electron chi connectivity index (χ3n) is 20.4. The number of carbonyl (C=O) groups excluding carboxylic acids is 4. The van der Waals surface area contributed by atoms with Gasteiger partial charge in [-0.3, -0.25) is 19.2 Å². The first-order valence-corrected chi connectivity index (χ1v) is 35.6. The van der Waals surface area contributed by atoms with Gasteiger partial charge in [-0.25, -0.2) is 0 Å². The molecule has 9 aliphatic rings. The molecule has 648 valence electrons. The molecule has 50 heteroatoms. The van der Waals surface area contributed by atoms with Gasteiger partial charge in [0.05, 0.1) is 59.5 Å². The van der Waals surface area contributed by atoms with Crippen molar-refractivity contribution in [2.24, 2.45) is 0 Å². The van der Waals surface area contributed by atoms with E-state index < -0.39 is 359 Å². The lowest BCUT2D eigenvalue weighted by atomic mass is 9.93. The van der Waals surface area contributed by atoms with Crippen molar-refractivity contribution in [3.63, 3.8) is 0 Å². The zero-order valence-corrected chi connectivity index (χ0v) is 60.1. The van der Waals surface area contributed by atoms with Crippen molar-refractivity contribution in [3.05, 3.63) is 0 Å².